The van der Waals surface area contributed by atoms with E-state index in [1.807, 2.05) is 0 Å². The second-order valence-corrected chi connectivity index (χ2v) is 4.09. The molecule has 0 aliphatic heterocycles. The van der Waals surface area contributed by atoms with Crippen LogP contribution in [0.1, 0.15) is 19.4 Å². The molecule has 0 saturated carbocycles. The number of hydrogen-bond acceptors (Lipinski definition) is 2. The van der Waals surface area contributed by atoms with Crippen LogP contribution in [0.2, 0.25) is 0 Å². The highest BCUT2D eigenvalue weighted by Crippen LogP contribution is 2.28. The molecule has 0 unspecified atom stereocenters. The van der Waals surface area contributed by atoms with E-state index in [0.29, 0.717) is 19.0 Å². The molecule has 1 aromatic rings. The van der Waals surface area contributed by atoms with Crippen LogP contribution in [-0.4, -0.2) is 22.9 Å². The van der Waals surface area contributed by atoms with E-state index < -0.39 is 11.7 Å². The van der Waals surface area contributed by atoms with Crippen LogP contribution in [0, 0.1) is 5.92 Å². The Labute approximate surface area is 92.6 Å². The summed E-state index contributed by atoms with van der Waals surface area (Å²) in [5, 5.41) is 6.80. The third kappa shape index (κ3) is 4.22. The van der Waals surface area contributed by atoms with Gasteiger partial charge in [-0.1, -0.05) is 13.8 Å². The molecule has 0 aliphatic rings. The van der Waals surface area contributed by atoms with Gasteiger partial charge < -0.3 is 5.32 Å². The van der Waals surface area contributed by atoms with Crippen molar-refractivity contribution in [3.63, 3.8) is 0 Å². The minimum Gasteiger partial charge on any atom is -0.315 e. The summed E-state index contributed by atoms with van der Waals surface area (Å²) in [6.07, 6.45) is -2.43. The first-order chi connectivity index (χ1) is 7.39. The maximum atomic E-state index is 12.2. The Morgan fingerprint density at radius 2 is 2.12 bits per heavy atom. The van der Waals surface area contributed by atoms with Crippen LogP contribution in [0.25, 0.3) is 0 Å². The van der Waals surface area contributed by atoms with Gasteiger partial charge in [0.15, 0.2) is 0 Å². The average molecular weight is 235 g/mol. The molecule has 0 saturated heterocycles. The normalized spacial score (nSPS) is 12.4. The molecule has 92 valence electrons. The Bertz CT molecular complexity index is 317. The molecule has 0 amide bonds. The quantitative estimate of drug-likeness (QED) is 0.792. The second-order valence-electron chi connectivity index (χ2n) is 4.09. The predicted molar refractivity (Wildman–Crippen MR) is 54.9 cm³/mol. The number of rotatable bonds is 5. The van der Waals surface area contributed by atoms with Crippen molar-refractivity contribution in [1.29, 1.82) is 0 Å². The first kappa shape index (κ1) is 13.0. The van der Waals surface area contributed by atoms with E-state index in [1.165, 1.54) is 4.68 Å². The van der Waals surface area contributed by atoms with Gasteiger partial charge in [0, 0.05) is 12.7 Å². The summed E-state index contributed by atoms with van der Waals surface area (Å²) in [5.41, 5.74) is -0.698. The summed E-state index contributed by atoms with van der Waals surface area (Å²) in [5.74, 6) is 0.531. The summed E-state index contributed by atoms with van der Waals surface area (Å²) in [6.45, 7) is 6.07. The van der Waals surface area contributed by atoms with Crippen LogP contribution in [-0.2, 0) is 12.7 Å². The predicted octanol–water partition coefficient (Wildman–Crippen LogP) is 2.15. The largest absolute Gasteiger partial charge is 0.419 e. The van der Waals surface area contributed by atoms with Gasteiger partial charge in [0.25, 0.3) is 0 Å². The van der Waals surface area contributed by atoms with Gasteiger partial charge in [-0.05, 0) is 12.5 Å². The molecule has 0 bridgehead atoms. The lowest BCUT2D eigenvalue weighted by molar-refractivity contribution is -0.137. The molecule has 1 heterocycles. The van der Waals surface area contributed by atoms with Crippen molar-refractivity contribution in [2.75, 3.05) is 13.1 Å². The Balaban J connectivity index is 2.36. The monoisotopic (exact) mass is 235 g/mol. The second kappa shape index (κ2) is 5.34. The van der Waals surface area contributed by atoms with Crippen molar-refractivity contribution in [2.45, 2.75) is 26.6 Å². The van der Waals surface area contributed by atoms with Gasteiger partial charge in [-0.2, -0.15) is 18.3 Å². The van der Waals surface area contributed by atoms with Crippen LogP contribution < -0.4 is 5.32 Å². The van der Waals surface area contributed by atoms with Crippen molar-refractivity contribution in [2.24, 2.45) is 5.92 Å². The van der Waals surface area contributed by atoms with E-state index in [9.17, 15) is 13.2 Å². The van der Waals surface area contributed by atoms with Crippen molar-refractivity contribution in [1.82, 2.24) is 15.1 Å². The molecule has 6 heteroatoms. The number of halogens is 3. The summed E-state index contributed by atoms with van der Waals surface area (Å²) in [6, 6.07) is 0. The number of aromatic nitrogens is 2. The van der Waals surface area contributed by atoms with Crippen LogP contribution in [0.15, 0.2) is 12.4 Å². The Morgan fingerprint density at radius 1 is 1.44 bits per heavy atom. The molecule has 0 spiro atoms. The van der Waals surface area contributed by atoms with E-state index >= 15 is 0 Å². The Morgan fingerprint density at radius 3 is 2.62 bits per heavy atom. The third-order valence-corrected chi connectivity index (χ3v) is 2.03. The molecule has 1 aromatic heterocycles. The van der Waals surface area contributed by atoms with E-state index in [-0.39, 0.29) is 0 Å². The maximum Gasteiger partial charge on any atom is 0.419 e. The summed E-state index contributed by atoms with van der Waals surface area (Å²) in [7, 11) is 0. The lowest BCUT2D eigenvalue weighted by Crippen LogP contribution is -2.24. The Kier molecular flexibility index (Phi) is 4.35. The van der Waals surface area contributed by atoms with Gasteiger partial charge in [-0.3, -0.25) is 4.68 Å². The summed E-state index contributed by atoms with van der Waals surface area (Å²) in [4.78, 5) is 0. The SMILES string of the molecule is CC(C)CNCCn1cc(C(F)(F)F)cn1. The highest BCUT2D eigenvalue weighted by Gasteiger charge is 2.31. The first-order valence-electron chi connectivity index (χ1n) is 5.20. The molecule has 0 fully saturated rings. The number of alkyl halides is 3. The number of hydrogen-bond donors (Lipinski definition) is 1. The molecule has 0 aliphatic carbocycles. The van der Waals surface area contributed by atoms with Crippen LogP contribution >= 0.6 is 0 Å². The standard InChI is InChI=1S/C10H16F3N3/c1-8(2)5-14-3-4-16-7-9(6-15-16)10(11,12)13/h6-8,14H,3-5H2,1-2H3. The lowest BCUT2D eigenvalue weighted by atomic mass is 10.2. The van der Waals surface area contributed by atoms with Crippen LogP contribution in [0.5, 0.6) is 0 Å². The van der Waals surface area contributed by atoms with Gasteiger partial charge >= 0.3 is 6.18 Å². The fourth-order valence-electron chi connectivity index (χ4n) is 1.22. The van der Waals surface area contributed by atoms with E-state index in [0.717, 1.165) is 18.9 Å². The van der Waals surface area contributed by atoms with Crippen molar-refractivity contribution in [3.8, 4) is 0 Å². The van der Waals surface area contributed by atoms with E-state index in [1.54, 1.807) is 0 Å². The van der Waals surface area contributed by atoms with E-state index in [2.05, 4.69) is 24.3 Å². The molecular formula is C10H16F3N3. The zero-order valence-corrected chi connectivity index (χ0v) is 9.38. The van der Waals surface area contributed by atoms with Gasteiger partial charge in [-0.25, -0.2) is 0 Å². The van der Waals surface area contributed by atoms with Crippen LogP contribution in [0.4, 0.5) is 13.2 Å². The van der Waals surface area contributed by atoms with Crippen molar-refractivity contribution >= 4 is 0 Å². The van der Waals surface area contributed by atoms with Gasteiger partial charge in [0.2, 0.25) is 0 Å². The fourth-order valence-corrected chi connectivity index (χ4v) is 1.22. The van der Waals surface area contributed by atoms with E-state index in [4.69, 9.17) is 0 Å². The molecule has 0 atom stereocenters. The smallest absolute Gasteiger partial charge is 0.315 e. The molecule has 0 aromatic carbocycles. The summed E-state index contributed by atoms with van der Waals surface area (Å²) < 4.78 is 38.0. The topological polar surface area (TPSA) is 29.9 Å². The molecular weight excluding hydrogens is 219 g/mol. The highest BCUT2D eigenvalue weighted by atomic mass is 19.4. The van der Waals surface area contributed by atoms with Crippen LogP contribution in [0.3, 0.4) is 0 Å². The van der Waals surface area contributed by atoms with Gasteiger partial charge in [0.1, 0.15) is 0 Å². The average Bonchev–Trinajstić information content (AvgIpc) is 2.59. The molecule has 16 heavy (non-hydrogen) atoms. The number of nitrogens with one attached hydrogen (secondary N) is 1. The van der Waals surface area contributed by atoms with Gasteiger partial charge in [0.05, 0.1) is 18.3 Å². The first-order valence-corrected chi connectivity index (χ1v) is 5.20. The fraction of sp³-hybridized carbons (Fsp3) is 0.700. The minimum absolute atomic E-state index is 0.447. The lowest BCUT2D eigenvalue weighted by Gasteiger charge is -2.07. The molecule has 1 N–H and O–H groups in total. The zero-order chi connectivity index (χ0) is 12.2. The molecule has 3 nitrogen and oxygen atoms in total. The summed E-state index contributed by atoms with van der Waals surface area (Å²) >= 11 is 0. The maximum absolute atomic E-state index is 12.2. The highest BCUT2D eigenvalue weighted by molar-refractivity contribution is 5.08. The number of nitrogens with zero attached hydrogens (tertiary/aromatic N) is 2. The minimum atomic E-state index is -4.30. The van der Waals surface area contributed by atoms with Gasteiger partial charge in [-0.15, -0.1) is 0 Å². The third-order valence-electron chi connectivity index (χ3n) is 2.03. The zero-order valence-electron chi connectivity index (χ0n) is 9.38. The molecule has 0 radical (unpaired) electrons. The Hall–Kier alpha value is -1.04. The molecule has 1 rings (SSSR count). The van der Waals surface area contributed by atoms with Crippen molar-refractivity contribution < 1.29 is 13.2 Å². The van der Waals surface area contributed by atoms with Crippen molar-refractivity contribution in [3.05, 3.63) is 18.0 Å².